The molecule has 0 N–H and O–H groups in total. The average Bonchev–Trinajstić information content (AvgIpc) is 2.75. The van der Waals surface area contributed by atoms with Crippen molar-refractivity contribution in [3.05, 3.63) is 90.0 Å². The summed E-state index contributed by atoms with van der Waals surface area (Å²) in [5, 5.41) is 0.296. The number of benzene rings is 2. The summed E-state index contributed by atoms with van der Waals surface area (Å²) >= 11 is 15.8. The maximum Gasteiger partial charge on any atom is 0.287 e. The van der Waals surface area contributed by atoms with Crippen LogP contribution < -0.4 is 5.56 Å². The lowest BCUT2D eigenvalue weighted by Gasteiger charge is -2.16. The number of hydrogen-bond donors (Lipinski definition) is 0. The fraction of sp³-hybridized carbons (Fsp3) is 0.105. The highest BCUT2D eigenvalue weighted by Crippen LogP contribution is 2.38. The molecule has 0 unspecified atom stereocenters. The highest BCUT2D eigenvalue weighted by Gasteiger charge is 2.29. The number of aromatic nitrogens is 2. The van der Waals surface area contributed by atoms with E-state index < -0.39 is 23.2 Å². The minimum absolute atomic E-state index is 0.000304. The zero-order valence-electron chi connectivity index (χ0n) is 14.2. The molecule has 1 atom stereocenters. The van der Waals surface area contributed by atoms with Crippen molar-refractivity contribution in [3.63, 3.8) is 0 Å². The zero-order valence-corrected chi connectivity index (χ0v) is 17.3. The summed E-state index contributed by atoms with van der Waals surface area (Å²) in [6.45, 7) is 1.67. The predicted octanol–water partition coefficient (Wildman–Crippen LogP) is 5.49. The Morgan fingerprint density at radius 1 is 1.11 bits per heavy atom. The van der Waals surface area contributed by atoms with E-state index in [1.54, 1.807) is 23.6 Å². The van der Waals surface area contributed by atoms with Crippen molar-refractivity contribution in [3.8, 4) is 5.69 Å². The molecule has 0 amide bonds. The molecule has 4 nitrogen and oxygen atoms in total. The number of halogens is 5. The molecule has 9 heteroatoms. The highest BCUT2D eigenvalue weighted by atomic mass is 79.9. The SMILES string of the molecule is C[C@@H]1N=C(c2c(F)cccc2F)c2c(ccc(Cl)c2Cl)-n2cc(Br)c(=O)nc21. The van der Waals surface area contributed by atoms with Crippen LogP contribution >= 0.6 is 39.1 Å². The van der Waals surface area contributed by atoms with Crippen LogP contribution in [-0.2, 0) is 0 Å². The van der Waals surface area contributed by atoms with Crippen molar-refractivity contribution < 1.29 is 8.78 Å². The smallest absolute Gasteiger partial charge is 0.287 e. The summed E-state index contributed by atoms with van der Waals surface area (Å²) in [6.07, 6.45) is 1.53. The number of rotatable bonds is 1. The monoisotopic (exact) mass is 483 g/mol. The second-order valence-electron chi connectivity index (χ2n) is 6.13. The van der Waals surface area contributed by atoms with Gasteiger partial charge >= 0.3 is 0 Å². The minimum Gasteiger partial charge on any atom is -0.301 e. The van der Waals surface area contributed by atoms with Crippen LogP contribution in [-0.4, -0.2) is 15.3 Å². The average molecular weight is 485 g/mol. The van der Waals surface area contributed by atoms with Crippen LogP contribution in [0.2, 0.25) is 10.0 Å². The third kappa shape index (κ3) is 2.98. The first-order chi connectivity index (χ1) is 13.3. The van der Waals surface area contributed by atoms with Gasteiger partial charge in [-0.25, -0.2) is 8.78 Å². The molecule has 1 aromatic heterocycles. The molecule has 0 saturated carbocycles. The normalized spacial score (nSPS) is 15.5. The van der Waals surface area contributed by atoms with Gasteiger partial charge in [0, 0.05) is 11.8 Å². The molecule has 1 aliphatic heterocycles. The number of nitrogens with zero attached hydrogens (tertiary/aromatic N) is 3. The first-order valence-electron chi connectivity index (χ1n) is 8.09. The Balaban J connectivity index is 2.17. The fourth-order valence-electron chi connectivity index (χ4n) is 3.13. The molecule has 28 heavy (non-hydrogen) atoms. The van der Waals surface area contributed by atoms with Gasteiger partial charge in [0.15, 0.2) is 0 Å². The fourth-order valence-corrected chi connectivity index (χ4v) is 3.83. The molecule has 1 aliphatic rings. The van der Waals surface area contributed by atoms with Gasteiger partial charge in [-0.15, -0.1) is 0 Å². The molecule has 2 aromatic carbocycles. The van der Waals surface area contributed by atoms with Crippen LogP contribution in [0.1, 0.15) is 29.9 Å². The van der Waals surface area contributed by atoms with Crippen molar-refractivity contribution in [1.82, 2.24) is 9.55 Å². The lowest BCUT2D eigenvalue weighted by molar-refractivity contribution is 0.578. The second-order valence-corrected chi connectivity index (χ2v) is 7.77. The van der Waals surface area contributed by atoms with E-state index in [0.717, 1.165) is 12.1 Å². The van der Waals surface area contributed by atoms with E-state index in [4.69, 9.17) is 23.2 Å². The Morgan fingerprint density at radius 3 is 2.46 bits per heavy atom. The van der Waals surface area contributed by atoms with Gasteiger partial charge in [-0.3, -0.25) is 9.79 Å². The molecular weight excluding hydrogens is 475 g/mol. The van der Waals surface area contributed by atoms with E-state index in [9.17, 15) is 13.6 Å². The summed E-state index contributed by atoms with van der Waals surface area (Å²) < 4.78 is 31.0. The van der Waals surface area contributed by atoms with Gasteiger partial charge in [0.1, 0.15) is 28.0 Å². The molecule has 2 heterocycles. The van der Waals surface area contributed by atoms with Crippen LogP contribution in [0.3, 0.4) is 0 Å². The van der Waals surface area contributed by atoms with Crippen LogP contribution in [0, 0.1) is 11.6 Å². The first-order valence-corrected chi connectivity index (χ1v) is 9.64. The molecular formula is C19H10BrCl2F2N3O. The topological polar surface area (TPSA) is 47.2 Å². The first kappa shape index (κ1) is 19.2. The molecule has 0 fully saturated rings. The number of hydrogen-bond acceptors (Lipinski definition) is 3. The summed E-state index contributed by atoms with van der Waals surface area (Å²) in [4.78, 5) is 20.6. The molecule has 142 valence electrons. The summed E-state index contributed by atoms with van der Waals surface area (Å²) in [5.74, 6) is -1.27. The lowest BCUT2D eigenvalue weighted by Crippen LogP contribution is -2.18. The second kappa shape index (κ2) is 7.06. The molecule has 0 spiro atoms. The lowest BCUT2D eigenvalue weighted by atomic mass is 9.99. The maximum atomic E-state index is 14.6. The molecule has 0 bridgehead atoms. The van der Waals surface area contributed by atoms with E-state index in [0.29, 0.717) is 11.5 Å². The van der Waals surface area contributed by atoms with Crippen molar-refractivity contribution in [2.45, 2.75) is 13.0 Å². The van der Waals surface area contributed by atoms with Gasteiger partial charge in [-0.1, -0.05) is 29.3 Å². The van der Waals surface area contributed by atoms with Gasteiger partial charge in [-0.2, -0.15) is 4.98 Å². The van der Waals surface area contributed by atoms with E-state index in [2.05, 4.69) is 25.9 Å². The van der Waals surface area contributed by atoms with Crippen LogP contribution in [0.4, 0.5) is 8.78 Å². The summed E-state index contributed by atoms with van der Waals surface area (Å²) in [5.41, 5.74) is -0.103. The third-order valence-corrected chi connectivity index (χ3v) is 5.72. The Bertz CT molecular complexity index is 1210. The largest absolute Gasteiger partial charge is 0.301 e. The Morgan fingerprint density at radius 2 is 1.79 bits per heavy atom. The molecule has 4 rings (SSSR count). The van der Waals surface area contributed by atoms with Crippen molar-refractivity contribution in [1.29, 1.82) is 0 Å². The van der Waals surface area contributed by atoms with Crippen molar-refractivity contribution in [2.75, 3.05) is 0 Å². The van der Waals surface area contributed by atoms with Crippen LogP contribution in [0.5, 0.6) is 0 Å². The number of aliphatic imine (C=N–C) groups is 1. The van der Waals surface area contributed by atoms with Crippen LogP contribution in [0.25, 0.3) is 5.69 Å². The highest BCUT2D eigenvalue weighted by molar-refractivity contribution is 9.10. The molecule has 0 aliphatic carbocycles. The van der Waals surface area contributed by atoms with Crippen molar-refractivity contribution >= 4 is 44.8 Å². The van der Waals surface area contributed by atoms with Gasteiger partial charge in [-0.05, 0) is 47.1 Å². The third-order valence-electron chi connectivity index (χ3n) is 4.37. The van der Waals surface area contributed by atoms with Gasteiger partial charge in [0.2, 0.25) is 0 Å². The maximum absolute atomic E-state index is 14.6. The van der Waals surface area contributed by atoms with E-state index in [-0.39, 0.29) is 31.4 Å². The van der Waals surface area contributed by atoms with E-state index in [1.807, 2.05) is 0 Å². The van der Waals surface area contributed by atoms with Crippen LogP contribution in [0.15, 0.2) is 50.8 Å². The predicted molar refractivity (Wildman–Crippen MR) is 108 cm³/mol. The molecule has 3 aromatic rings. The number of fused-ring (bicyclic) bond motifs is 3. The van der Waals surface area contributed by atoms with Crippen molar-refractivity contribution in [2.24, 2.45) is 4.99 Å². The Hall–Kier alpha value is -2.09. The minimum atomic E-state index is -0.789. The Kier molecular flexibility index (Phi) is 4.85. The van der Waals surface area contributed by atoms with E-state index >= 15 is 0 Å². The summed E-state index contributed by atoms with van der Waals surface area (Å²) in [7, 11) is 0. The quantitative estimate of drug-likeness (QED) is 0.458. The van der Waals surface area contributed by atoms with E-state index in [1.165, 1.54) is 12.3 Å². The molecule has 0 saturated heterocycles. The Labute approximate surface area is 176 Å². The van der Waals surface area contributed by atoms with Gasteiger partial charge in [0.05, 0.1) is 27.0 Å². The molecule has 0 radical (unpaired) electrons. The zero-order chi connectivity index (χ0) is 20.2. The summed E-state index contributed by atoms with van der Waals surface area (Å²) in [6, 6.07) is 6.05. The van der Waals surface area contributed by atoms with Gasteiger partial charge in [0.25, 0.3) is 5.56 Å². The van der Waals surface area contributed by atoms with Gasteiger partial charge < -0.3 is 4.57 Å². The standard InChI is InChI=1S/C19H10BrCl2F2N3O/c1-8-18-26-19(28)9(20)7-27(18)13-6-5-10(21)16(22)15(13)17(25-8)14-11(23)3-2-4-12(14)24/h2-8H,1H3/t8-/m0/s1.